The van der Waals surface area contributed by atoms with Gasteiger partial charge in [-0.3, -0.25) is 4.79 Å². The molecule has 0 unspecified atom stereocenters. The summed E-state index contributed by atoms with van der Waals surface area (Å²) in [5, 5.41) is 3.75. The van der Waals surface area contributed by atoms with Crippen LogP contribution in [0.1, 0.15) is 16.7 Å². The molecule has 0 aliphatic rings. The molecule has 0 radical (unpaired) electrons. The van der Waals surface area contributed by atoms with Gasteiger partial charge in [-0.25, -0.2) is 18.2 Å². The molecule has 0 bridgehead atoms. The molecule has 1 N–H and O–H groups in total. The molecule has 0 aliphatic heterocycles. The number of hydrazone groups is 1. The summed E-state index contributed by atoms with van der Waals surface area (Å²) < 4.78 is 46.7. The van der Waals surface area contributed by atoms with Gasteiger partial charge >= 0.3 is 0 Å². The Morgan fingerprint density at radius 3 is 2.45 bits per heavy atom. The lowest BCUT2D eigenvalue weighted by atomic mass is 10.2. The molecule has 0 aromatic heterocycles. The van der Waals surface area contributed by atoms with E-state index in [2.05, 4.69) is 10.5 Å². The quantitative estimate of drug-likeness (QED) is 0.384. The normalized spacial score (nSPS) is 11.6. The summed E-state index contributed by atoms with van der Waals surface area (Å²) in [6.07, 6.45) is 1.16. The molecule has 0 fully saturated rings. The molecule has 0 atom stereocenters. The van der Waals surface area contributed by atoms with Gasteiger partial charge in [-0.05, 0) is 42.3 Å². The van der Waals surface area contributed by atoms with E-state index in [0.717, 1.165) is 10.5 Å². The van der Waals surface area contributed by atoms with Crippen molar-refractivity contribution in [1.29, 1.82) is 0 Å². The van der Waals surface area contributed by atoms with Crippen LogP contribution in [0.25, 0.3) is 0 Å². The molecule has 0 spiro atoms. The first-order valence-electron chi connectivity index (χ1n) is 10.1. The fourth-order valence-corrected chi connectivity index (χ4v) is 4.59. The van der Waals surface area contributed by atoms with E-state index in [0.29, 0.717) is 16.9 Å². The zero-order valence-corrected chi connectivity index (χ0v) is 19.0. The van der Waals surface area contributed by atoms with Crippen LogP contribution in [0.4, 0.5) is 4.39 Å². The number of nitrogens with zero attached hydrogens (tertiary/aromatic N) is 2. The van der Waals surface area contributed by atoms with Crippen LogP contribution in [0.5, 0.6) is 5.75 Å². The van der Waals surface area contributed by atoms with Gasteiger partial charge in [0.2, 0.25) is 10.0 Å². The lowest BCUT2D eigenvalue weighted by Crippen LogP contribution is -2.39. The van der Waals surface area contributed by atoms with Crippen molar-refractivity contribution in [2.24, 2.45) is 5.10 Å². The van der Waals surface area contributed by atoms with Crippen molar-refractivity contribution in [2.75, 3.05) is 13.7 Å². The highest BCUT2D eigenvalue weighted by Gasteiger charge is 2.27. The van der Waals surface area contributed by atoms with Gasteiger partial charge in [-0.2, -0.15) is 9.41 Å². The zero-order valence-electron chi connectivity index (χ0n) is 18.2. The van der Waals surface area contributed by atoms with E-state index in [9.17, 15) is 17.6 Å². The molecule has 33 heavy (non-hydrogen) atoms. The highest BCUT2D eigenvalue weighted by atomic mass is 32.2. The summed E-state index contributed by atoms with van der Waals surface area (Å²) in [6, 6.07) is 19.4. The number of benzene rings is 3. The van der Waals surface area contributed by atoms with Crippen molar-refractivity contribution < 1.29 is 22.3 Å². The molecule has 172 valence electrons. The van der Waals surface area contributed by atoms with Crippen LogP contribution in [-0.2, 0) is 21.4 Å². The van der Waals surface area contributed by atoms with E-state index in [1.165, 1.54) is 31.4 Å². The Bertz CT molecular complexity index is 1250. The number of sulfonamides is 1. The number of amides is 1. The maximum atomic E-state index is 13.7. The average molecular weight is 470 g/mol. The van der Waals surface area contributed by atoms with Crippen LogP contribution in [0.15, 0.2) is 82.8 Å². The molecule has 0 aliphatic carbocycles. The third-order valence-electron chi connectivity index (χ3n) is 4.82. The first-order chi connectivity index (χ1) is 15.8. The molecule has 9 heteroatoms. The first-order valence-corrected chi connectivity index (χ1v) is 11.5. The van der Waals surface area contributed by atoms with Gasteiger partial charge in [0.05, 0.1) is 24.8 Å². The predicted molar refractivity (Wildman–Crippen MR) is 124 cm³/mol. The van der Waals surface area contributed by atoms with Gasteiger partial charge in [-0.1, -0.05) is 48.5 Å². The number of halogens is 1. The molecule has 3 aromatic carbocycles. The minimum absolute atomic E-state index is 0.0152. The number of carbonyl (C=O) groups is 1. The Kier molecular flexibility index (Phi) is 7.92. The van der Waals surface area contributed by atoms with Crippen LogP contribution in [0.3, 0.4) is 0 Å². The van der Waals surface area contributed by atoms with E-state index in [-0.39, 0.29) is 17.0 Å². The fourth-order valence-electron chi connectivity index (χ4n) is 3.12. The second-order valence-electron chi connectivity index (χ2n) is 7.20. The summed E-state index contributed by atoms with van der Waals surface area (Å²) in [5.41, 5.74) is 3.83. The lowest BCUT2D eigenvalue weighted by molar-refractivity contribution is -0.121. The third kappa shape index (κ3) is 6.24. The van der Waals surface area contributed by atoms with Crippen LogP contribution in [0, 0.1) is 12.7 Å². The van der Waals surface area contributed by atoms with Gasteiger partial charge < -0.3 is 4.74 Å². The van der Waals surface area contributed by atoms with E-state index in [1.54, 1.807) is 49.4 Å². The molecular weight excluding hydrogens is 445 g/mol. The topological polar surface area (TPSA) is 88.1 Å². The van der Waals surface area contributed by atoms with Crippen molar-refractivity contribution in [1.82, 2.24) is 9.73 Å². The first kappa shape index (κ1) is 24.1. The van der Waals surface area contributed by atoms with Gasteiger partial charge in [0.1, 0.15) is 11.6 Å². The Morgan fingerprint density at radius 2 is 1.79 bits per heavy atom. The molecule has 0 saturated heterocycles. The van der Waals surface area contributed by atoms with Gasteiger partial charge in [-0.15, -0.1) is 0 Å². The molecule has 0 heterocycles. The van der Waals surface area contributed by atoms with Crippen molar-refractivity contribution in [3.05, 3.63) is 95.3 Å². The average Bonchev–Trinajstić information content (AvgIpc) is 2.80. The second kappa shape index (κ2) is 10.8. The van der Waals surface area contributed by atoms with Crippen LogP contribution < -0.4 is 10.2 Å². The lowest BCUT2D eigenvalue weighted by Gasteiger charge is -2.22. The minimum Gasteiger partial charge on any atom is -0.496 e. The highest BCUT2D eigenvalue weighted by molar-refractivity contribution is 7.89. The number of nitrogens with one attached hydrogen (secondary N) is 1. The monoisotopic (exact) mass is 469 g/mol. The number of rotatable bonds is 9. The summed E-state index contributed by atoms with van der Waals surface area (Å²) in [4.78, 5) is 12.6. The zero-order chi connectivity index (χ0) is 23.8. The SMILES string of the molecule is COc1ccc(S(=O)(=O)N(CC(=O)N/N=C/c2ccccc2F)Cc2ccccc2)cc1C. The predicted octanol–water partition coefficient (Wildman–Crippen LogP) is 3.48. The third-order valence-corrected chi connectivity index (χ3v) is 6.61. The largest absolute Gasteiger partial charge is 0.496 e. The highest BCUT2D eigenvalue weighted by Crippen LogP contribution is 2.24. The van der Waals surface area contributed by atoms with Crippen molar-refractivity contribution in [3.63, 3.8) is 0 Å². The van der Waals surface area contributed by atoms with Crippen LogP contribution in [0.2, 0.25) is 0 Å². The van der Waals surface area contributed by atoms with E-state index in [4.69, 9.17) is 4.74 Å². The standard InChI is InChI=1S/C24H24FN3O4S/c1-18-14-21(12-13-23(18)32-2)33(30,31)28(16-19-8-4-3-5-9-19)17-24(29)27-26-15-20-10-6-7-11-22(20)25/h3-15H,16-17H2,1-2H3,(H,27,29)/b26-15+. The van der Waals surface area contributed by atoms with Crippen molar-refractivity contribution >= 4 is 22.1 Å². The molecule has 3 rings (SSSR count). The summed E-state index contributed by atoms with van der Waals surface area (Å²) >= 11 is 0. The molecule has 3 aromatic rings. The van der Waals surface area contributed by atoms with Crippen LogP contribution in [-0.4, -0.2) is 38.5 Å². The maximum absolute atomic E-state index is 13.7. The van der Waals surface area contributed by atoms with E-state index < -0.39 is 28.3 Å². The van der Waals surface area contributed by atoms with Gasteiger partial charge in [0.25, 0.3) is 5.91 Å². The summed E-state index contributed by atoms with van der Waals surface area (Å²) in [7, 11) is -2.52. The fraction of sp³-hybridized carbons (Fsp3) is 0.167. The molecule has 7 nitrogen and oxygen atoms in total. The number of aryl methyl sites for hydroxylation is 1. The van der Waals surface area contributed by atoms with E-state index >= 15 is 0 Å². The van der Waals surface area contributed by atoms with Crippen molar-refractivity contribution in [2.45, 2.75) is 18.4 Å². The Hall–Kier alpha value is -3.56. The molecule has 0 saturated carbocycles. The Balaban J connectivity index is 1.82. The number of methoxy groups -OCH3 is 1. The van der Waals surface area contributed by atoms with Gasteiger partial charge in [0, 0.05) is 12.1 Å². The second-order valence-corrected chi connectivity index (χ2v) is 9.14. The van der Waals surface area contributed by atoms with Crippen LogP contribution >= 0.6 is 0 Å². The van der Waals surface area contributed by atoms with Gasteiger partial charge in [0.15, 0.2) is 0 Å². The smallest absolute Gasteiger partial charge is 0.255 e. The number of hydrogen-bond acceptors (Lipinski definition) is 5. The Morgan fingerprint density at radius 1 is 1.09 bits per heavy atom. The summed E-state index contributed by atoms with van der Waals surface area (Å²) in [6.45, 7) is 1.25. The number of carbonyl (C=O) groups excluding carboxylic acids is 1. The minimum atomic E-state index is -4.02. The maximum Gasteiger partial charge on any atom is 0.255 e. The summed E-state index contributed by atoms with van der Waals surface area (Å²) in [5.74, 6) is -0.588. The van der Waals surface area contributed by atoms with E-state index in [1.807, 2.05) is 6.07 Å². The number of ether oxygens (including phenoxy) is 1. The molecule has 1 amide bonds. The van der Waals surface area contributed by atoms with Crippen molar-refractivity contribution in [3.8, 4) is 5.75 Å². The Labute approximate surface area is 192 Å². The number of hydrogen-bond donors (Lipinski definition) is 1. The molecular formula is C24H24FN3O4S.